The molecule has 3 aromatic rings. The van der Waals surface area contributed by atoms with Gasteiger partial charge in [0, 0.05) is 37.4 Å². The average Bonchev–Trinajstić information content (AvgIpc) is 2.73. The predicted molar refractivity (Wildman–Crippen MR) is 105 cm³/mol. The molecule has 0 saturated heterocycles. The largest absolute Gasteiger partial charge is 0.497 e. The number of nitrogens with one attached hydrogen (secondary N) is 2. The second kappa shape index (κ2) is 9.33. The summed E-state index contributed by atoms with van der Waals surface area (Å²) in [7, 11) is 1.64. The van der Waals surface area contributed by atoms with Crippen LogP contribution in [0.15, 0.2) is 67.1 Å². The van der Waals surface area contributed by atoms with Crippen LogP contribution in [0.1, 0.15) is 21.6 Å². The zero-order chi connectivity index (χ0) is 18.9. The van der Waals surface area contributed by atoms with Gasteiger partial charge < -0.3 is 15.4 Å². The van der Waals surface area contributed by atoms with Gasteiger partial charge in [-0.05, 0) is 47.9 Å². The summed E-state index contributed by atoms with van der Waals surface area (Å²) in [6.45, 7) is 1.18. The first-order chi connectivity index (χ1) is 13.2. The number of carbonyl (C=O) groups is 1. The number of hydrogen-bond acceptors (Lipinski definition) is 5. The molecule has 6 nitrogen and oxygen atoms in total. The van der Waals surface area contributed by atoms with Gasteiger partial charge in [-0.1, -0.05) is 18.2 Å². The van der Waals surface area contributed by atoms with E-state index in [2.05, 4.69) is 20.6 Å². The maximum atomic E-state index is 12.3. The molecule has 1 aromatic carbocycles. The zero-order valence-electron chi connectivity index (χ0n) is 15.2. The van der Waals surface area contributed by atoms with Gasteiger partial charge in [-0.15, -0.1) is 0 Å². The van der Waals surface area contributed by atoms with E-state index in [4.69, 9.17) is 4.74 Å². The number of carbonyl (C=O) groups excluding carboxylic acids is 1. The molecular formula is C21H22N4O2. The van der Waals surface area contributed by atoms with Gasteiger partial charge in [0.05, 0.1) is 7.11 Å². The lowest BCUT2D eigenvalue weighted by atomic mass is 10.1. The number of rotatable bonds is 8. The Morgan fingerprint density at radius 3 is 2.67 bits per heavy atom. The summed E-state index contributed by atoms with van der Waals surface area (Å²) in [5, 5.41) is 6.18. The van der Waals surface area contributed by atoms with Crippen molar-refractivity contribution < 1.29 is 9.53 Å². The standard InChI is InChI=1S/C21H22N4O2/c1-27-19-6-4-16(5-7-19)8-11-24-21(26)20-13-18(9-12-23-20)25-15-17-3-2-10-22-14-17/h2-7,9-10,12-14H,8,11,15H2,1H3,(H,23,25)(H,24,26). The quantitative estimate of drug-likeness (QED) is 0.644. The monoisotopic (exact) mass is 362 g/mol. The fourth-order valence-electron chi connectivity index (χ4n) is 2.57. The summed E-state index contributed by atoms with van der Waals surface area (Å²) in [5.41, 5.74) is 3.44. The molecule has 0 saturated carbocycles. The van der Waals surface area contributed by atoms with Crippen molar-refractivity contribution in [3.63, 3.8) is 0 Å². The Bertz CT molecular complexity index is 867. The minimum absolute atomic E-state index is 0.187. The Labute approximate surface area is 158 Å². The lowest BCUT2D eigenvalue weighted by Gasteiger charge is -2.09. The van der Waals surface area contributed by atoms with E-state index >= 15 is 0 Å². The number of anilines is 1. The summed E-state index contributed by atoms with van der Waals surface area (Å²) >= 11 is 0. The van der Waals surface area contributed by atoms with Gasteiger partial charge in [-0.3, -0.25) is 14.8 Å². The minimum Gasteiger partial charge on any atom is -0.497 e. The van der Waals surface area contributed by atoms with E-state index < -0.39 is 0 Å². The number of ether oxygens (including phenoxy) is 1. The van der Waals surface area contributed by atoms with Gasteiger partial charge in [0.2, 0.25) is 0 Å². The van der Waals surface area contributed by atoms with Crippen molar-refractivity contribution in [1.82, 2.24) is 15.3 Å². The highest BCUT2D eigenvalue weighted by Gasteiger charge is 2.07. The topological polar surface area (TPSA) is 76.1 Å². The van der Waals surface area contributed by atoms with Crippen molar-refractivity contribution in [2.24, 2.45) is 0 Å². The molecule has 138 valence electrons. The second-order valence-electron chi connectivity index (χ2n) is 6.00. The van der Waals surface area contributed by atoms with Crippen LogP contribution in [-0.2, 0) is 13.0 Å². The van der Waals surface area contributed by atoms with Crippen molar-refractivity contribution in [3.05, 3.63) is 83.9 Å². The third-order valence-electron chi connectivity index (χ3n) is 4.07. The van der Waals surface area contributed by atoms with Crippen molar-refractivity contribution in [2.75, 3.05) is 19.0 Å². The van der Waals surface area contributed by atoms with Crippen molar-refractivity contribution in [1.29, 1.82) is 0 Å². The molecule has 6 heteroatoms. The van der Waals surface area contributed by atoms with Gasteiger partial charge in [0.25, 0.3) is 5.91 Å². The fourth-order valence-corrected chi connectivity index (χ4v) is 2.57. The molecule has 0 bridgehead atoms. The van der Waals surface area contributed by atoms with Crippen LogP contribution in [0.3, 0.4) is 0 Å². The highest BCUT2D eigenvalue weighted by atomic mass is 16.5. The lowest BCUT2D eigenvalue weighted by Crippen LogP contribution is -2.26. The first-order valence-corrected chi connectivity index (χ1v) is 8.74. The minimum atomic E-state index is -0.187. The Kier molecular flexibility index (Phi) is 6.35. The van der Waals surface area contributed by atoms with Gasteiger partial charge in [0.15, 0.2) is 0 Å². The van der Waals surface area contributed by atoms with E-state index in [1.54, 1.807) is 31.8 Å². The fraction of sp³-hybridized carbons (Fsp3) is 0.190. The number of nitrogens with zero attached hydrogens (tertiary/aromatic N) is 2. The molecule has 0 fully saturated rings. The van der Waals surface area contributed by atoms with Crippen LogP contribution < -0.4 is 15.4 Å². The average molecular weight is 362 g/mol. The molecule has 0 aliphatic carbocycles. The van der Waals surface area contributed by atoms with Crippen LogP contribution in [0.5, 0.6) is 5.75 Å². The third kappa shape index (κ3) is 5.54. The highest BCUT2D eigenvalue weighted by molar-refractivity contribution is 5.93. The summed E-state index contributed by atoms with van der Waals surface area (Å²) in [5.74, 6) is 0.635. The van der Waals surface area contributed by atoms with Gasteiger partial charge in [-0.25, -0.2) is 0 Å². The van der Waals surface area contributed by atoms with Gasteiger partial charge >= 0.3 is 0 Å². The Balaban J connectivity index is 1.50. The molecule has 1 amide bonds. The molecule has 2 aromatic heterocycles. The van der Waals surface area contributed by atoms with Gasteiger partial charge in [0.1, 0.15) is 11.4 Å². The van der Waals surface area contributed by atoms with Crippen LogP contribution >= 0.6 is 0 Å². The zero-order valence-corrected chi connectivity index (χ0v) is 15.2. The Morgan fingerprint density at radius 2 is 1.93 bits per heavy atom. The molecule has 27 heavy (non-hydrogen) atoms. The Hall–Kier alpha value is -3.41. The first-order valence-electron chi connectivity index (χ1n) is 8.74. The van der Waals surface area contributed by atoms with Crippen molar-refractivity contribution >= 4 is 11.6 Å². The van der Waals surface area contributed by atoms with E-state index in [0.29, 0.717) is 18.8 Å². The van der Waals surface area contributed by atoms with Crippen molar-refractivity contribution in [2.45, 2.75) is 13.0 Å². The maximum absolute atomic E-state index is 12.3. The van der Waals surface area contributed by atoms with E-state index in [9.17, 15) is 4.79 Å². The number of amides is 1. The van der Waals surface area contributed by atoms with E-state index in [1.807, 2.05) is 42.5 Å². The third-order valence-corrected chi connectivity index (χ3v) is 4.07. The molecule has 0 atom stereocenters. The number of hydrogen-bond donors (Lipinski definition) is 2. The molecule has 0 spiro atoms. The molecule has 0 unspecified atom stereocenters. The van der Waals surface area contributed by atoms with Gasteiger partial charge in [-0.2, -0.15) is 0 Å². The summed E-state index contributed by atoms with van der Waals surface area (Å²) in [6.07, 6.45) is 5.92. The van der Waals surface area contributed by atoms with E-state index in [-0.39, 0.29) is 5.91 Å². The van der Waals surface area contributed by atoms with Crippen molar-refractivity contribution in [3.8, 4) is 5.75 Å². The summed E-state index contributed by atoms with van der Waals surface area (Å²) < 4.78 is 5.14. The van der Waals surface area contributed by atoms with Crippen LogP contribution in [0.25, 0.3) is 0 Å². The van der Waals surface area contributed by atoms with Crippen LogP contribution in [0.4, 0.5) is 5.69 Å². The molecule has 0 aliphatic rings. The van der Waals surface area contributed by atoms with Crippen LogP contribution in [0.2, 0.25) is 0 Å². The second-order valence-corrected chi connectivity index (χ2v) is 6.00. The molecule has 3 rings (SSSR count). The molecule has 0 radical (unpaired) electrons. The normalized spacial score (nSPS) is 10.3. The van der Waals surface area contributed by atoms with Crippen LogP contribution in [-0.4, -0.2) is 29.5 Å². The number of pyridine rings is 2. The number of methoxy groups -OCH3 is 1. The lowest BCUT2D eigenvalue weighted by molar-refractivity contribution is 0.0949. The van der Waals surface area contributed by atoms with Crippen LogP contribution in [0, 0.1) is 0 Å². The maximum Gasteiger partial charge on any atom is 0.269 e. The van der Waals surface area contributed by atoms with E-state index in [1.165, 1.54) is 0 Å². The Morgan fingerprint density at radius 1 is 1.07 bits per heavy atom. The SMILES string of the molecule is COc1ccc(CCNC(=O)c2cc(NCc3cccnc3)ccn2)cc1. The summed E-state index contributed by atoms with van der Waals surface area (Å²) in [6, 6.07) is 15.3. The smallest absolute Gasteiger partial charge is 0.269 e. The number of benzene rings is 1. The predicted octanol–water partition coefficient (Wildman–Crippen LogP) is 3.07. The first kappa shape index (κ1) is 18.4. The van der Waals surface area contributed by atoms with E-state index in [0.717, 1.165) is 29.0 Å². The molecular weight excluding hydrogens is 340 g/mol. The molecule has 2 N–H and O–H groups in total. The highest BCUT2D eigenvalue weighted by Crippen LogP contribution is 2.12. The molecule has 0 aliphatic heterocycles. The summed E-state index contributed by atoms with van der Waals surface area (Å²) in [4.78, 5) is 20.6. The number of aromatic nitrogens is 2. The molecule has 2 heterocycles.